The SMILES string of the molecule is CCCCCCC/C=C\CCCCCCCC(=O)OCC(COC(=O)CCCCCCCCCCCCCCCC)OC(=O)CCCCCCC/C=C\CCCCCCC. The van der Waals surface area contributed by atoms with Crippen LogP contribution in [0.15, 0.2) is 24.3 Å². The Bertz CT molecular complexity index is 973. The van der Waals surface area contributed by atoms with E-state index in [2.05, 4.69) is 45.1 Å². The zero-order chi connectivity index (χ0) is 43.7. The minimum absolute atomic E-state index is 0.0734. The molecule has 0 fully saturated rings. The largest absolute Gasteiger partial charge is 0.462 e. The first-order valence-electron chi connectivity index (χ1n) is 26.3. The number of esters is 3. The topological polar surface area (TPSA) is 78.9 Å². The van der Waals surface area contributed by atoms with Gasteiger partial charge in [-0.05, 0) is 70.6 Å². The molecule has 0 N–H and O–H groups in total. The summed E-state index contributed by atoms with van der Waals surface area (Å²) in [7, 11) is 0. The molecule has 0 aromatic rings. The van der Waals surface area contributed by atoms with Crippen molar-refractivity contribution < 1.29 is 28.6 Å². The van der Waals surface area contributed by atoms with Gasteiger partial charge in [0.15, 0.2) is 6.10 Å². The van der Waals surface area contributed by atoms with Crippen molar-refractivity contribution in [1.82, 2.24) is 0 Å². The van der Waals surface area contributed by atoms with Crippen LogP contribution < -0.4 is 0 Å². The fourth-order valence-corrected chi connectivity index (χ4v) is 7.67. The van der Waals surface area contributed by atoms with Crippen LogP contribution in [0.5, 0.6) is 0 Å². The number of unbranched alkanes of at least 4 members (excludes halogenated alkanes) is 33. The van der Waals surface area contributed by atoms with Gasteiger partial charge in [-0.2, -0.15) is 0 Å². The molecular weight excluding hydrogens is 745 g/mol. The lowest BCUT2D eigenvalue weighted by Crippen LogP contribution is -2.30. The Kier molecular flexibility index (Phi) is 47.8. The van der Waals surface area contributed by atoms with Gasteiger partial charge in [0.1, 0.15) is 13.2 Å². The first-order valence-corrected chi connectivity index (χ1v) is 26.3. The van der Waals surface area contributed by atoms with Crippen LogP contribution in [0.4, 0.5) is 0 Å². The molecule has 0 aliphatic heterocycles. The van der Waals surface area contributed by atoms with Gasteiger partial charge in [0.25, 0.3) is 0 Å². The van der Waals surface area contributed by atoms with E-state index >= 15 is 0 Å². The quantitative estimate of drug-likeness (QED) is 0.0263. The molecule has 0 saturated heterocycles. The number of carbonyl (C=O) groups excluding carboxylic acids is 3. The highest BCUT2D eigenvalue weighted by atomic mass is 16.6. The maximum Gasteiger partial charge on any atom is 0.306 e. The Morgan fingerprint density at radius 3 is 0.833 bits per heavy atom. The number of ether oxygens (including phenoxy) is 3. The van der Waals surface area contributed by atoms with Crippen LogP contribution in [-0.2, 0) is 28.6 Å². The maximum atomic E-state index is 12.8. The van der Waals surface area contributed by atoms with Gasteiger partial charge >= 0.3 is 17.9 Å². The predicted molar refractivity (Wildman–Crippen MR) is 256 cm³/mol. The minimum atomic E-state index is -0.774. The van der Waals surface area contributed by atoms with Crippen molar-refractivity contribution in [2.45, 2.75) is 290 Å². The summed E-state index contributed by atoms with van der Waals surface area (Å²) in [5, 5.41) is 0. The Balaban J connectivity index is 4.37. The van der Waals surface area contributed by atoms with Gasteiger partial charge < -0.3 is 14.2 Å². The summed E-state index contributed by atoms with van der Waals surface area (Å²) in [6, 6.07) is 0. The number of hydrogen-bond acceptors (Lipinski definition) is 6. The van der Waals surface area contributed by atoms with Gasteiger partial charge in [-0.1, -0.05) is 218 Å². The van der Waals surface area contributed by atoms with Gasteiger partial charge in [-0.3, -0.25) is 14.4 Å². The van der Waals surface area contributed by atoms with Crippen LogP contribution in [-0.4, -0.2) is 37.2 Å². The van der Waals surface area contributed by atoms with Gasteiger partial charge in [0.2, 0.25) is 0 Å². The minimum Gasteiger partial charge on any atom is -0.462 e. The van der Waals surface area contributed by atoms with Crippen molar-refractivity contribution in [3.63, 3.8) is 0 Å². The third-order valence-electron chi connectivity index (χ3n) is 11.7. The Hall–Kier alpha value is -2.11. The van der Waals surface area contributed by atoms with E-state index in [-0.39, 0.29) is 31.1 Å². The smallest absolute Gasteiger partial charge is 0.306 e. The number of rotatable bonds is 48. The zero-order valence-corrected chi connectivity index (χ0v) is 40.2. The van der Waals surface area contributed by atoms with Crippen LogP contribution in [0.1, 0.15) is 284 Å². The van der Waals surface area contributed by atoms with E-state index in [1.54, 1.807) is 0 Å². The molecule has 0 heterocycles. The Labute approximate surface area is 373 Å². The molecule has 0 rings (SSSR count). The highest BCUT2D eigenvalue weighted by molar-refractivity contribution is 5.71. The monoisotopic (exact) mass is 845 g/mol. The third-order valence-corrected chi connectivity index (χ3v) is 11.7. The predicted octanol–water partition coefficient (Wildman–Crippen LogP) is 17.2. The molecule has 6 nitrogen and oxygen atoms in total. The number of hydrogen-bond donors (Lipinski definition) is 0. The summed E-state index contributed by atoms with van der Waals surface area (Å²) >= 11 is 0. The summed E-state index contributed by atoms with van der Waals surface area (Å²) in [5.41, 5.74) is 0. The summed E-state index contributed by atoms with van der Waals surface area (Å²) in [5.74, 6) is -0.878. The molecule has 0 aliphatic rings. The Morgan fingerprint density at radius 2 is 0.550 bits per heavy atom. The molecule has 0 aromatic carbocycles. The standard InChI is InChI=1S/C54H100O6/c1-4-7-10-13-16-19-22-25-28-31-34-37-40-43-46-52(55)58-49-51(60-54(57)48-45-42-39-36-33-30-27-24-21-18-15-12-9-6-3)50-59-53(56)47-44-41-38-35-32-29-26-23-20-17-14-11-8-5-2/h22,24-25,27,51H,4-21,23,26,28-50H2,1-3H3/b25-22-,27-24-. The molecular formula is C54H100O6. The van der Waals surface area contributed by atoms with E-state index < -0.39 is 6.10 Å². The molecule has 352 valence electrons. The van der Waals surface area contributed by atoms with Crippen molar-refractivity contribution in [1.29, 1.82) is 0 Å². The normalized spacial score (nSPS) is 12.1. The average Bonchev–Trinajstić information content (AvgIpc) is 3.24. The molecule has 0 bridgehead atoms. The molecule has 0 saturated carbocycles. The molecule has 0 aromatic heterocycles. The Morgan fingerprint density at radius 1 is 0.317 bits per heavy atom. The van der Waals surface area contributed by atoms with Crippen LogP contribution in [0.25, 0.3) is 0 Å². The maximum absolute atomic E-state index is 12.8. The third kappa shape index (κ3) is 46.9. The molecule has 0 aliphatic carbocycles. The summed E-state index contributed by atoms with van der Waals surface area (Å²) < 4.78 is 16.8. The molecule has 1 atom stereocenters. The second-order valence-electron chi connectivity index (χ2n) is 17.8. The molecule has 6 heteroatoms. The van der Waals surface area contributed by atoms with Crippen LogP contribution in [0, 0.1) is 0 Å². The van der Waals surface area contributed by atoms with E-state index in [1.165, 1.54) is 173 Å². The van der Waals surface area contributed by atoms with Crippen molar-refractivity contribution >= 4 is 17.9 Å². The van der Waals surface area contributed by atoms with Gasteiger partial charge in [-0.15, -0.1) is 0 Å². The number of carbonyl (C=O) groups is 3. The fraction of sp³-hybridized carbons (Fsp3) is 0.870. The van der Waals surface area contributed by atoms with E-state index in [9.17, 15) is 14.4 Å². The number of allylic oxidation sites excluding steroid dienone is 4. The lowest BCUT2D eigenvalue weighted by atomic mass is 10.0. The lowest BCUT2D eigenvalue weighted by Gasteiger charge is -2.18. The van der Waals surface area contributed by atoms with Gasteiger partial charge in [0.05, 0.1) is 0 Å². The highest BCUT2D eigenvalue weighted by Crippen LogP contribution is 2.15. The molecule has 0 amide bonds. The van der Waals surface area contributed by atoms with Gasteiger partial charge in [-0.25, -0.2) is 0 Å². The second-order valence-corrected chi connectivity index (χ2v) is 17.8. The molecule has 0 spiro atoms. The summed E-state index contributed by atoms with van der Waals surface area (Å²) in [6.07, 6.45) is 55.8. The van der Waals surface area contributed by atoms with E-state index in [0.29, 0.717) is 19.3 Å². The molecule has 60 heavy (non-hydrogen) atoms. The fourth-order valence-electron chi connectivity index (χ4n) is 7.67. The van der Waals surface area contributed by atoms with E-state index in [1.807, 2.05) is 0 Å². The van der Waals surface area contributed by atoms with Crippen molar-refractivity contribution in [2.24, 2.45) is 0 Å². The van der Waals surface area contributed by atoms with E-state index in [4.69, 9.17) is 14.2 Å². The summed E-state index contributed by atoms with van der Waals surface area (Å²) in [4.78, 5) is 38.0. The van der Waals surface area contributed by atoms with E-state index in [0.717, 1.165) is 70.6 Å². The van der Waals surface area contributed by atoms with Crippen LogP contribution in [0.3, 0.4) is 0 Å². The first-order chi connectivity index (χ1) is 29.5. The molecule has 0 radical (unpaired) electrons. The average molecular weight is 845 g/mol. The zero-order valence-electron chi connectivity index (χ0n) is 40.2. The second kappa shape index (κ2) is 49.5. The van der Waals surface area contributed by atoms with Crippen molar-refractivity contribution in [3.05, 3.63) is 24.3 Å². The first kappa shape index (κ1) is 57.9. The van der Waals surface area contributed by atoms with Crippen molar-refractivity contribution in [3.8, 4) is 0 Å². The highest BCUT2D eigenvalue weighted by Gasteiger charge is 2.19. The van der Waals surface area contributed by atoms with Gasteiger partial charge in [0, 0.05) is 19.3 Å². The van der Waals surface area contributed by atoms with Crippen LogP contribution in [0.2, 0.25) is 0 Å². The summed E-state index contributed by atoms with van der Waals surface area (Å²) in [6.45, 7) is 6.63. The lowest BCUT2D eigenvalue weighted by molar-refractivity contribution is -0.167. The molecule has 1 unspecified atom stereocenters. The van der Waals surface area contributed by atoms with Crippen LogP contribution >= 0.6 is 0 Å². The van der Waals surface area contributed by atoms with Crippen molar-refractivity contribution in [2.75, 3.05) is 13.2 Å².